The minimum absolute atomic E-state index is 0.259. The fourth-order valence-corrected chi connectivity index (χ4v) is 3.64. The average Bonchev–Trinajstić information content (AvgIpc) is 2.82. The van der Waals surface area contributed by atoms with Gasteiger partial charge in [-0.15, -0.1) is 11.8 Å². The summed E-state index contributed by atoms with van der Waals surface area (Å²) < 4.78 is 5.33. The first kappa shape index (κ1) is 17.0. The molecule has 1 heterocycles. The Morgan fingerprint density at radius 1 is 1.32 bits per heavy atom. The van der Waals surface area contributed by atoms with Crippen molar-refractivity contribution in [3.8, 4) is 0 Å². The fraction of sp³-hybridized carbons (Fsp3) is 0.467. The molecule has 5 nitrogen and oxygen atoms in total. The first-order chi connectivity index (χ1) is 10.2. The minimum atomic E-state index is -1.28. The van der Waals surface area contributed by atoms with E-state index in [1.807, 2.05) is 0 Å². The molecule has 1 saturated heterocycles. The monoisotopic (exact) mass is 342 g/mol. The summed E-state index contributed by atoms with van der Waals surface area (Å²) in [6, 6.07) is 5.94. The molecule has 0 spiro atoms. The van der Waals surface area contributed by atoms with E-state index < -0.39 is 29.1 Å². The summed E-state index contributed by atoms with van der Waals surface area (Å²) in [5.41, 5.74) is 0.0924. The van der Waals surface area contributed by atoms with E-state index in [4.69, 9.17) is 16.3 Å². The third kappa shape index (κ3) is 3.87. The number of amides is 1. The molecule has 0 aliphatic carbocycles. The molecule has 120 valence electrons. The van der Waals surface area contributed by atoms with Crippen LogP contribution in [0.15, 0.2) is 24.3 Å². The van der Waals surface area contributed by atoms with Gasteiger partial charge in [0.25, 0.3) is 0 Å². The Labute approximate surface area is 138 Å². The van der Waals surface area contributed by atoms with E-state index in [1.165, 1.54) is 16.7 Å². The van der Waals surface area contributed by atoms with Gasteiger partial charge in [0.15, 0.2) is 0 Å². The number of carboxylic acids is 1. The number of thioether (sulfide) groups is 1. The summed E-state index contributed by atoms with van der Waals surface area (Å²) in [6.45, 7) is 5.21. The molecule has 7 heteroatoms. The molecule has 1 aromatic rings. The Morgan fingerprint density at radius 3 is 2.41 bits per heavy atom. The highest BCUT2D eigenvalue weighted by Gasteiger charge is 2.41. The number of hydrogen-bond acceptors (Lipinski definition) is 5. The maximum absolute atomic E-state index is 12.4. The van der Waals surface area contributed by atoms with E-state index in [2.05, 4.69) is 0 Å². The zero-order valence-corrected chi connectivity index (χ0v) is 14.1. The minimum Gasteiger partial charge on any atom is -0.548 e. The Balaban J connectivity index is 2.30. The number of hydrogen-bond donors (Lipinski definition) is 0. The van der Waals surface area contributed by atoms with Crippen LogP contribution in [0, 0.1) is 0 Å². The van der Waals surface area contributed by atoms with Crippen LogP contribution in [0.25, 0.3) is 0 Å². The van der Waals surface area contributed by atoms with Gasteiger partial charge in [-0.2, -0.15) is 0 Å². The molecule has 2 atom stereocenters. The quantitative estimate of drug-likeness (QED) is 0.825. The van der Waals surface area contributed by atoms with Gasteiger partial charge in [-0.25, -0.2) is 4.79 Å². The number of ether oxygens (including phenoxy) is 1. The molecule has 0 aromatic heterocycles. The molecule has 1 aliphatic heterocycles. The molecule has 1 fully saturated rings. The van der Waals surface area contributed by atoms with Gasteiger partial charge < -0.3 is 14.6 Å². The van der Waals surface area contributed by atoms with Crippen molar-refractivity contribution >= 4 is 35.4 Å². The van der Waals surface area contributed by atoms with Gasteiger partial charge in [0.05, 0.1) is 12.0 Å². The predicted molar refractivity (Wildman–Crippen MR) is 83.5 cm³/mol. The second-order valence-electron chi connectivity index (χ2n) is 5.96. The van der Waals surface area contributed by atoms with Crippen LogP contribution < -0.4 is 5.11 Å². The van der Waals surface area contributed by atoms with Crippen molar-refractivity contribution in [2.75, 3.05) is 5.75 Å². The second kappa shape index (κ2) is 6.38. The number of halogens is 1. The summed E-state index contributed by atoms with van der Waals surface area (Å²) in [5, 5.41) is 11.5. The van der Waals surface area contributed by atoms with Crippen LogP contribution in [0.2, 0.25) is 5.02 Å². The Morgan fingerprint density at radius 2 is 1.91 bits per heavy atom. The fourth-order valence-electron chi connectivity index (χ4n) is 2.11. The molecular weight excluding hydrogens is 326 g/mol. The number of carbonyl (C=O) groups excluding carboxylic acids is 2. The lowest BCUT2D eigenvalue weighted by Crippen LogP contribution is -2.50. The van der Waals surface area contributed by atoms with E-state index in [0.717, 1.165) is 5.56 Å². The maximum Gasteiger partial charge on any atom is 0.412 e. The Hall–Kier alpha value is -1.40. The van der Waals surface area contributed by atoms with Crippen LogP contribution >= 0.6 is 23.4 Å². The molecule has 0 radical (unpaired) electrons. The van der Waals surface area contributed by atoms with Crippen molar-refractivity contribution < 1.29 is 19.4 Å². The van der Waals surface area contributed by atoms with Gasteiger partial charge in [0, 0.05) is 10.8 Å². The lowest BCUT2D eigenvalue weighted by atomic mass is 10.2. The molecule has 1 amide bonds. The normalized spacial score (nSPS) is 21.7. The SMILES string of the molecule is CC(C)(C)OC(=O)N1[C@@H](C(=O)[O-])CS[C@H]1c1ccc(Cl)cc1. The van der Waals surface area contributed by atoms with Crippen LogP contribution in [-0.4, -0.2) is 34.4 Å². The van der Waals surface area contributed by atoms with E-state index in [9.17, 15) is 14.7 Å². The molecule has 1 aromatic carbocycles. The topological polar surface area (TPSA) is 69.7 Å². The highest BCUT2D eigenvalue weighted by molar-refractivity contribution is 7.99. The van der Waals surface area contributed by atoms with Crippen LogP contribution in [0.1, 0.15) is 31.7 Å². The van der Waals surface area contributed by atoms with Crippen molar-refractivity contribution in [2.45, 2.75) is 37.8 Å². The van der Waals surface area contributed by atoms with Gasteiger partial charge >= 0.3 is 6.09 Å². The number of aliphatic carboxylic acids is 1. The molecule has 2 rings (SSSR count). The van der Waals surface area contributed by atoms with Crippen molar-refractivity contribution in [2.24, 2.45) is 0 Å². The first-order valence-corrected chi connectivity index (χ1v) is 8.21. The van der Waals surface area contributed by atoms with Crippen molar-refractivity contribution in [3.05, 3.63) is 34.9 Å². The smallest absolute Gasteiger partial charge is 0.412 e. The largest absolute Gasteiger partial charge is 0.548 e. The number of nitrogens with zero attached hydrogens (tertiary/aromatic N) is 1. The van der Waals surface area contributed by atoms with Crippen molar-refractivity contribution in [1.29, 1.82) is 0 Å². The predicted octanol–water partition coefficient (Wildman–Crippen LogP) is 2.44. The molecule has 1 aliphatic rings. The van der Waals surface area contributed by atoms with E-state index in [-0.39, 0.29) is 5.75 Å². The Kier molecular flexibility index (Phi) is 4.92. The maximum atomic E-state index is 12.4. The first-order valence-electron chi connectivity index (χ1n) is 6.78. The summed E-state index contributed by atoms with van der Waals surface area (Å²) in [7, 11) is 0. The molecule has 22 heavy (non-hydrogen) atoms. The average molecular weight is 343 g/mol. The van der Waals surface area contributed by atoms with Crippen LogP contribution in [-0.2, 0) is 9.53 Å². The number of carbonyl (C=O) groups is 2. The van der Waals surface area contributed by atoms with Crippen molar-refractivity contribution in [3.63, 3.8) is 0 Å². The standard InChI is InChI=1S/C15H18ClNO4S/c1-15(2,3)21-14(20)17-11(13(18)19)8-22-12(17)9-4-6-10(16)7-5-9/h4-7,11-12H,8H2,1-3H3,(H,18,19)/p-1/t11-,12+/m1/s1. The van der Waals surface area contributed by atoms with Gasteiger partial charge in [0.2, 0.25) is 0 Å². The molecule has 0 bridgehead atoms. The van der Waals surface area contributed by atoms with Crippen molar-refractivity contribution in [1.82, 2.24) is 4.90 Å². The van der Waals surface area contributed by atoms with Gasteiger partial charge in [0.1, 0.15) is 11.0 Å². The van der Waals surface area contributed by atoms with Crippen LogP contribution in [0.3, 0.4) is 0 Å². The summed E-state index contributed by atoms with van der Waals surface area (Å²) in [6.07, 6.45) is -0.661. The number of benzene rings is 1. The lowest BCUT2D eigenvalue weighted by Gasteiger charge is -2.32. The highest BCUT2D eigenvalue weighted by atomic mass is 35.5. The third-order valence-corrected chi connectivity index (χ3v) is 4.61. The lowest BCUT2D eigenvalue weighted by molar-refractivity contribution is -0.310. The number of carboxylic acid groups (broad SMARTS) is 1. The molecular formula is C15H17ClNO4S-. The zero-order valence-electron chi connectivity index (χ0n) is 12.5. The van der Waals surface area contributed by atoms with Gasteiger partial charge in [-0.1, -0.05) is 23.7 Å². The van der Waals surface area contributed by atoms with Crippen LogP contribution in [0.5, 0.6) is 0 Å². The summed E-state index contributed by atoms with van der Waals surface area (Å²) >= 11 is 7.23. The summed E-state index contributed by atoms with van der Waals surface area (Å²) in [5.74, 6) is -1.02. The Bertz CT molecular complexity index is 570. The molecule has 0 N–H and O–H groups in total. The molecule has 0 saturated carbocycles. The van der Waals surface area contributed by atoms with E-state index in [0.29, 0.717) is 5.02 Å². The van der Waals surface area contributed by atoms with Crippen LogP contribution in [0.4, 0.5) is 4.79 Å². The summed E-state index contributed by atoms with van der Waals surface area (Å²) in [4.78, 5) is 24.9. The van der Waals surface area contributed by atoms with Gasteiger partial charge in [-0.3, -0.25) is 4.90 Å². The third-order valence-electron chi connectivity index (χ3n) is 3.03. The molecule has 0 unspecified atom stereocenters. The van der Waals surface area contributed by atoms with E-state index in [1.54, 1.807) is 45.0 Å². The second-order valence-corrected chi connectivity index (χ2v) is 7.51. The number of rotatable bonds is 2. The zero-order chi connectivity index (χ0) is 16.5. The van der Waals surface area contributed by atoms with Gasteiger partial charge in [-0.05, 0) is 38.5 Å². The highest BCUT2D eigenvalue weighted by Crippen LogP contribution is 2.42. The van der Waals surface area contributed by atoms with E-state index >= 15 is 0 Å².